The van der Waals surface area contributed by atoms with Crippen molar-refractivity contribution in [1.29, 1.82) is 0 Å². The summed E-state index contributed by atoms with van der Waals surface area (Å²) >= 11 is 0. The van der Waals surface area contributed by atoms with Gasteiger partial charge in [-0.05, 0) is 75.6 Å². The molecule has 0 aromatic heterocycles. The van der Waals surface area contributed by atoms with E-state index < -0.39 is 0 Å². The van der Waals surface area contributed by atoms with Crippen molar-refractivity contribution in [1.82, 2.24) is 0 Å². The average molecular weight is 1270 g/mol. The summed E-state index contributed by atoms with van der Waals surface area (Å²) in [5.41, 5.74) is 7.17. The van der Waals surface area contributed by atoms with Gasteiger partial charge in [-0.25, -0.2) is 0 Å². The lowest BCUT2D eigenvalue weighted by Gasteiger charge is -2.31. The highest BCUT2D eigenvalue weighted by Gasteiger charge is 2.34. The van der Waals surface area contributed by atoms with E-state index in [1.807, 2.05) is 12.1 Å². The van der Waals surface area contributed by atoms with Gasteiger partial charge in [0.25, 0.3) is 0 Å². The van der Waals surface area contributed by atoms with Crippen LogP contribution in [0, 0.1) is 0 Å². The maximum atomic E-state index is 13.0. The van der Waals surface area contributed by atoms with E-state index in [0.717, 1.165) is 184 Å². The summed E-state index contributed by atoms with van der Waals surface area (Å²) in [5.74, 6) is 2.15. The summed E-state index contributed by atoms with van der Waals surface area (Å²) in [5, 5.41) is 51.3. The number of phenols is 4. The molecule has 92 heavy (non-hydrogen) atoms. The van der Waals surface area contributed by atoms with Crippen molar-refractivity contribution in [3.8, 4) is 46.0 Å². The molecule has 0 heterocycles. The molecule has 0 amide bonds. The van der Waals surface area contributed by atoms with Crippen LogP contribution in [0.4, 0.5) is 0 Å². The Bertz CT molecular complexity index is 2550. The van der Waals surface area contributed by atoms with E-state index in [-0.39, 0.29) is 46.7 Å². The summed E-state index contributed by atoms with van der Waals surface area (Å²) in [7, 11) is 0. The maximum Gasteiger partial charge on any atom is 0.126 e. The van der Waals surface area contributed by atoms with Crippen LogP contribution >= 0.6 is 0 Å². The topological polar surface area (TPSA) is 118 Å². The predicted molar refractivity (Wildman–Crippen MR) is 390 cm³/mol. The molecule has 4 N–H and O–H groups in total. The quantitative estimate of drug-likeness (QED) is 0.0323. The van der Waals surface area contributed by atoms with Crippen LogP contribution in [0.1, 0.15) is 406 Å². The molecule has 0 saturated heterocycles. The van der Waals surface area contributed by atoms with Crippen LogP contribution in [0.3, 0.4) is 0 Å². The minimum atomic E-state index is -0.331. The molecule has 8 heteroatoms. The number of unbranched alkanes of at least 4 members (excludes halogenated alkanes) is 32. The molecule has 4 atom stereocenters. The number of benzene rings is 4. The number of fused-ring (bicyclic) bond motifs is 8. The van der Waals surface area contributed by atoms with Gasteiger partial charge in [0.15, 0.2) is 0 Å². The van der Waals surface area contributed by atoms with Crippen LogP contribution in [0.2, 0.25) is 0 Å². The number of ether oxygens (including phenoxy) is 4. The molecular weight excluding hydrogens is 1140 g/mol. The first-order chi connectivity index (χ1) is 45.1. The van der Waals surface area contributed by atoms with Crippen LogP contribution in [0.15, 0.2) is 48.5 Å². The van der Waals surface area contributed by atoms with E-state index in [0.29, 0.717) is 37.9 Å². The molecular formula is C84H136O8. The summed E-state index contributed by atoms with van der Waals surface area (Å²) in [4.78, 5) is 0. The Kier molecular flexibility index (Phi) is 40.0. The Balaban J connectivity index is 1.88. The van der Waals surface area contributed by atoms with Crippen molar-refractivity contribution in [2.24, 2.45) is 0 Å². The summed E-state index contributed by atoms with van der Waals surface area (Å²) in [6.45, 7) is 19.7. The second-order valence-electron chi connectivity index (χ2n) is 27.9. The third kappa shape index (κ3) is 26.5. The Labute approximate surface area is 563 Å². The van der Waals surface area contributed by atoms with Crippen molar-refractivity contribution in [3.05, 3.63) is 93.0 Å². The lowest BCUT2D eigenvalue weighted by molar-refractivity contribution is 0.295. The minimum Gasteiger partial charge on any atom is -0.508 e. The van der Waals surface area contributed by atoms with E-state index >= 15 is 0 Å². The first kappa shape index (κ1) is 78.0. The van der Waals surface area contributed by atoms with Gasteiger partial charge in [-0.3, -0.25) is 0 Å². The molecule has 1 aliphatic carbocycles. The maximum absolute atomic E-state index is 13.0. The van der Waals surface area contributed by atoms with Gasteiger partial charge in [-0.2, -0.15) is 0 Å². The van der Waals surface area contributed by atoms with E-state index in [9.17, 15) is 20.4 Å². The molecule has 4 aromatic rings. The third-order valence-corrected chi connectivity index (χ3v) is 19.9. The molecule has 0 unspecified atom stereocenters. The Morgan fingerprint density at radius 3 is 0.620 bits per heavy atom. The van der Waals surface area contributed by atoms with Gasteiger partial charge in [0, 0.05) is 92.4 Å². The van der Waals surface area contributed by atoms with Gasteiger partial charge in [0.05, 0.1) is 26.4 Å². The molecule has 0 saturated carbocycles. The van der Waals surface area contributed by atoms with Crippen LogP contribution in [-0.2, 0) is 0 Å². The van der Waals surface area contributed by atoms with Crippen LogP contribution in [-0.4, -0.2) is 46.9 Å². The largest absolute Gasteiger partial charge is 0.508 e. The number of phenolic OH excluding ortho intramolecular Hbond substituents is 4. The standard InChI is InChI=1S/C84H136O8/c1-9-17-21-25-29-33-37-41-45-49-65-69-57-70(78(86)61-77(69)85)66(50-46-42-38-34-30-26-22-18-10-2)75-60-76(84(92-56-16-8)64-83(75)91-55-15-7)68(52-48-44-40-36-32-28-24-20-12-4)72-59-74(82(63-80(72)88)90-54-14-6)67(51-47-43-39-35-31-27-23-19-11-3)71-58-73(65)81(62-79(71)87)89-53-13-5/h57-68,85-88H,9-56H2,1-8H3/t65-,66+,67-,68-/m0/s1. The Morgan fingerprint density at radius 1 is 0.207 bits per heavy atom. The van der Waals surface area contributed by atoms with E-state index in [1.54, 1.807) is 6.07 Å². The first-order valence-electron chi connectivity index (χ1n) is 39.1. The number of hydrogen-bond acceptors (Lipinski definition) is 8. The van der Waals surface area contributed by atoms with Crippen molar-refractivity contribution >= 4 is 0 Å². The molecule has 1 aliphatic rings. The van der Waals surface area contributed by atoms with Crippen LogP contribution in [0.5, 0.6) is 46.0 Å². The fraction of sp³-hybridized carbons (Fsp3) is 0.714. The zero-order valence-corrected chi connectivity index (χ0v) is 60.3. The lowest BCUT2D eigenvalue weighted by atomic mass is 9.76. The molecule has 0 aliphatic heterocycles. The van der Waals surface area contributed by atoms with E-state index in [2.05, 4.69) is 85.7 Å². The molecule has 0 radical (unpaired) electrons. The second-order valence-corrected chi connectivity index (χ2v) is 27.9. The summed E-state index contributed by atoms with van der Waals surface area (Å²) < 4.78 is 27.6. The Morgan fingerprint density at radius 2 is 0.391 bits per heavy atom. The zero-order valence-electron chi connectivity index (χ0n) is 60.3. The first-order valence-corrected chi connectivity index (χ1v) is 39.1. The van der Waals surface area contributed by atoms with Gasteiger partial charge >= 0.3 is 0 Å². The molecule has 8 nitrogen and oxygen atoms in total. The summed E-state index contributed by atoms with van der Waals surface area (Å²) in [6, 6.07) is 16.6. The van der Waals surface area contributed by atoms with Crippen molar-refractivity contribution < 1.29 is 39.4 Å². The van der Waals surface area contributed by atoms with Crippen molar-refractivity contribution in [2.75, 3.05) is 26.4 Å². The van der Waals surface area contributed by atoms with Crippen molar-refractivity contribution in [3.63, 3.8) is 0 Å². The second kappa shape index (κ2) is 47.2. The van der Waals surface area contributed by atoms with Crippen molar-refractivity contribution in [2.45, 2.75) is 362 Å². The van der Waals surface area contributed by atoms with Gasteiger partial charge in [-0.1, -0.05) is 287 Å². The number of aromatic hydroxyl groups is 4. The monoisotopic (exact) mass is 1270 g/mol. The third-order valence-electron chi connectivity index (χ3n) is 19.9. The number of hydrogen-bond donors (Lipinski definition) is 4. The van der Waals surface area contributed by atoms with Gasteiger partial charge in [0.1, 0.15) is 46.0 Å². The van der Waals surface area contributed by atoms with E-state index in [4.69, 9.17) is 18.9 Å². The fourth-order valence-corrected chi connectivity index (χ4v) is 14.5. The zero-order chi connectivity index (χ0) is 66.0. The highest BCUT2D eigenvalue weighted by atomic mass is 16.5. The molecule has 4 aromatic carbocycles. The Hall–Kier alpha value is -4.72. The highest BCUT2D eigenvalue weighted by molar-refractivity contribution is 5.63. The molecule has 8 bridgehead atoms. The molecule has 520 valence electrons. The molecule has 0 spiro atoms. The minimum absolute atomic E-state index is 0.0725. The van der Waals surface area contributed by atoms with Gasteiger partial charge < -0.3 is 39.4 Å². The van der Waals surface area contributed by atoms with E-state index in [1.165, 1.54) is 154 Å². The van der Waals surface area contributed by atoms with Crippen LogP contribution < -0.4 is 18.9 Å². The smallest absolute Gasteiger partial charge is 0.126 e. The van der Waals surface area contributed by atoms with Gasteiger partial charge in [0.2, 0.25) is 0 Å². The highest BCUT2D eigenvalue weighted by Crippen LogP contribution is 2.53. The normalized spacial score (nSPS) is 15.5. The predicted octanol–water partition coefficient (Wildman–Crippen LogP) is 26.2. The van der Waals surface area contributed by atoms with Crippen LogP contribution in [0.25, 0.3) is 0 Å². The number of rotatable bonds is 52. The molecule has 5 rings (SSSR count). The average Bonchev–Trinajstić information content (AvgIpc) is 0.769. The molecule has 0 fully saturated rings. The van der Waals surface area contributed by atoms with Gasteiger partial charge in [-0.15, -0.1) is 0 Å². The summed E-state index contributed by atoms with van der Waals surface area (Å²) in [6.07, 6.45) is 49.5. The SMILES string of the molecule is CCCCCCCCCCC[C@@H]1c2cc(c(O)cc2O)[C@H](CCCCCCCCCCC)c2cc(c(O)cc2OCCC)[C@H](CCCCCCCCCCC)c2cc(c(O)cc2OCCC)[C@H](CCCCCCCCCCC)c2cc1c(OCCC)cc2OCCC. The lowest BCUT2D eigenvalue weighted by Crippen LogP contribution is -2.14. The fourth-order valence-electron chi connectivity index (χ4n) is 14.5.